The minimum Gasteiger partial charge on any atom is -0.355 e. The number of carbonyl (C=O) groups is 2. The van der Waals surface area contributed by atoms with Gasteiger partial charge in [0.25, 0.3) is 0 Å². The smallest absolute Gasteiger partial charge is 0.355 e. The lowest BCUT2D eigenvalue weighted by Crippen LogP contribution is -2.33. The number of benzene rings is 1. The van der Waals surface area contributed by atoms with Crippen molar-refractivity contribution in [2.24, 2.45) is 5.92 Å². The highest BCUT2D eigenvalue weighted by atomic mass is 19.4. The second-order valence-electron chi connectivity index (χ2n) is 7.10. The average Bonchev–Trinajstić information content (AvgIpc) is 3.04. The fourth-order valence-corrected chi connectivity index (χ4v) is 3.59. The lowest BCUT2D eigenvalue weighted by molar-refractivity contribution is -0.137. The Hall–Kier alpha value is -2.31. The highest BCUT2D eigenvalue weighted by molar-refractivity contribution is 6.00. The van der Waals surface area contributed by atoms with Crippen LogP contribution in [0.3, 0.4) is 0 Å². The number of anilines is 1. The van der Waals surface area contributed by atoms with Crippen molar-refractivity contribution in [2.45, 2.75) is 44.7 Å². The lowest BCUT2D eigenvalue weighted by atomic mass is 9.97. The van der Waals surface area contributed by atoms with Crippen molar-refractivity contribution in [3.05, 3.63) is 41.5 Å². The maximum atomic E-state index is 12.7. The van der Waals surface area contributed by atoms with E-state index >= 15 is 0 Å². The van der Waals surface area contributed by atoms with E-state index in [4.69, 9.17) is 0 Å². The Labute approximate surface area is 156 Å². The van der Waals surface area contributed by atoms with Gasteiger partial charge in [-0.3, -0.25) is 9.59 Å². The van der Waals surface area contributed by atoms with Crippen molar-refractivity contribution < 1.29 is 22.8 Å². The molecule has 1 saturated heterocycles. The quantitative estimate of drug-likeness (QED) is 0.783. The first kappa shape index (κ1) is 19.5. The molecular weight excluding hydrogens is 357 g/mol. The number of rotatable bonds is 5. The molecule has 1 aromatic rings. The van der Waals surface area contributed by atoms with Crippen LogP contribution < -0.4 is 10.2 Å². The predicted molar refractivity (Wildman–Crippen MR) is 96.1 cm³/mol. The number of nitrogens with one attached hydrogen (secondary N) is 1. The first-order valence-electron chi connectivity index (χ1n) is 9.28. The molecule has 0 radical (unpaired) electrons. The molecule has 146 valence electrons. The molecule has 1 aliphatic heterocycles. The maximum absolute atomic E-state index is 12.7. The summed E-state index contributed by atoms with van der Waals surface area (Å²) in [7, 11) is 0. The van der Waals surface area contributed by atoms with E-state index in [9.17, 15) is 22.8 Å². The number of halogens is 3. The van der Waals surface area contributed by atoms with Gasteiger partial charge in [-0.25, -0.2) is 0 Å². The van der Waals surface area contributed by atoms with Gasteiger partial charge >= 0.3 is 6.18 Å². The Morgan fingerprint density at radius 3 is 2.56 bits per heavy atom. The van der Waals surface area contributed by atoms with Gasteiger partial charge in [0.05, 0.1) is 11.5 Å². The van der Waals surface area contributed by atoms with Crippen molar-refractivity contribution in [2.75, 3.05) is 18.0 Å². The molecule has 3 rings (SSSR count). The summed E-state index contributed by atoms with van der Waals surface area (Å²) >= 11 is 0. The van der Waals surface area contributed by atoms with Gasteiger partial charge in [-0.1, -0.05) is 11.6 Å². The standard InChI is InChI=1S/C20H23F3N2O2/c21-20(22,23)16-6-8-17(9-7-16)25-13-15(12-18(25)26)19(27)24-11-10-14-4-2-1-3-5-14/h4,6-9,15H,1-3,5,10-13H2,(H,24,27). The van der Waals surface area contributed by atoms with Crippen molar-refractivity contribution in [1.29, 1.82) is 0 Å². The van der Waals surface area contributed by atoms with Crippen molar-refractivity contribution in [3.8, 4) is 0 Å². The summed E-state index contributed by atoms with van der Waals surface area (Å²) in [5, 5.41) is 2.89. The van der Waals surface area contributed by atoms with Crippen LogP contribution in [0.15, 0.2) is 35.9 Å². The van der Waals surface area contributed by atoms with Crippen LogP contribution in [0.4, 0.5) is 18.9 Å². The molecule has 1 aliphatic carbocycles. The van der Waals surface area contributed by atoms with Crippen LogP contribution in [0.2, 0.25) is 0 Å². The fraction of sp³-hybridized carbons (Fsp3) is 0.500. The average molecular weight is 380 g/mol. The van der Waals surface area contributed by atoms with Gasteiger partial charge < -0.3 is 10.2 Å². The predicted octanol–water partition coefficient (Wildman–Crippen LogP) is 4.07. The summed E-state index contributed by atoms with van der Waals surface area (Å²) in [4.78, 5) is 25.9. The zero-order valence-corrected chi connectivity index (χ0v) is 15.0. The molecule has 7 heteroatoms. The summed E-state index contributed by atoms with van der Waals surface area (Å²) in [5.74, 6) is -0.890. The third-order valence-electron chi connectivity index (χ3n) is 5.13. The molecule has 1 heterocycles. The topological polar surface area (TPSA) is 49.4 Å². The van der Waals surface area contributed by atoms with E-state index in [0.29, 0.717) is 12.2 Å². The molecule has 1 aromatic carbocycles. The van der Waals surface area contributed by atoms with E-state index in [-0.39, 0.29) is 24.8 Å². The molecule has 2 aliphatic rings. The molecule has 0 spiro atoms. The van der Waals surface area contributed by atoms with Gasteiger partial charge in [-0.05, 0) is 56.4 Å². The number of alkyl halides is 3. The summed E-state index contributed by atoms with van der Waals surface area (Å²) in [5.41, 5.74) is 0.996. The first-order chi connectivity index (χ1) is 12.8. The molecule has 1 fully saturated rings. The van der Waals surface area contributed by atoms with Gasteiger partial charge in [0.15, 0.2) is 0 Å². The van der Waals surface area contributed by atoms with Crippen molar-refractivity contribution in [1.82, 2.24) is 5.32 Å². The third-order valence-corrected chi connectivity index (χ3v) is 5.13. The molecule has 1 atom stereocenters. The van der Waals surface area contributed by atoms with Gasteiger partial charge in [0, 0.05) is 25.2 Å². The normalized spacial score (nSPS) is 20.6. The maximum Gasteiger partial charge on any atom is 0.416 e. The van der Waals surface area contributed by atoms with Gasteiger partial charge in [0.2, 0.25) is 11.8 Å². The second-order valence-corrected chi connectivity index (χ2v) is 7.10. The minimum absolute atomic E-state index is 0.0789. The number of nitrogens with zero attached hydrogens (tertiary/aromatic N) is 1. The van der Waals surface area contributed by atoms with E-state index < -0.39 is 17.7 Å². The van der Waals surface area contributed by atoms with Crippen molar-refractivity contribution in [3.63, 3.8) is 0 Å². The zero-order chi connectivity index (χ0) is 19.4. The van der Waals surface area contributed by atoms with E-state index in [1.165, 1.54) is 35.4 Å². The SMILES string of the molecule is O=C(NCCC1=CCCCC1)C1CC(=O)N(c2ccc(C(F)(F)F)cc2)C1. The van der Waals surface area contributed by atoms with Crippen LogP contribution in [-0.2, 0) is 15.8 Å². The molecule has 0 bridgehead atoms. The van der Waals surface area contributed by atoms with E-state index in [1.807, 2.05) is 0 Å². The van der Waals surface area contributed by atoms with Crippen LogP contribution in [0, 0.1) is 5.92 Å². The highest BCUT2D eigenvalue weighted by Gasteiger charge is 2.36. The molecule has 4 nitrogen and oxygen atoms in total. The van der Waals surface area contributed by atoms with Crippen LogP contribution in [0.1, 0.15) is 44.1 Å². The van der Waals surface area contributed by atoms with Gasteiger partial charge in [0.1, 0.15) is 0 Å². The summed E-state index contributed by atoms with van der Waals surface area (Å²) in [6.45, 7) is 0.744. The highest BCUT2D eigenvalue weighted by Crippen LogP contribution is 2.32. The number of allylic oxidation sites excluding steroid dienone is 1. The largest absolute Gasteiger partial charge is 0.416 e. The third kappa shape index (κ3) is 4.90. The summed E-state index contributed by atoms with van der Waals surface area (Å²) < 4.78 is 38.0. The first-order valence-corrected chi connectivity index (χ1v) is 9.28. The Balaban J connectivity index is 1.53. The van der Waals surface area contributed by atoms with E-state index in [2.05, 4.69) is 11.4 Å². The van der Waals surface area contributed by atoms with Crippen LogP contribution in [-0.4, -0.2) is 24.9 Å². The molecule has 2 amide bonds. The summed E-state index contributed by atoms with van der Waals surface area (Å²) in [6.07, 6.45) is 3.33. The van der Waals surface area contributed by atoms with Crippen LogP contribution in [0.25, 0.3) is 0 Å². The van der Waals surface area contributed by atoms with E-state index in [0.717, 1.165) is 31.4 Å². The second kappa shape index (κ2) is 8.15. The molecule has 1 unspecified atom stereocenters. The molecule has 1 N–H and O–H groups in total. The Morgan fingerprint density at radius 1 is 1.19 bits per heavy atom. The van der Waals surface area contributed by atoms with Crippen LogP contribution >= 0.6 is 0 Å². The van der Waals surface area contributed by atoms with Crippen molar-refractivity contribution >= 4 is 17.5 Å². The monoisotopic (exact) mass is 380 g/mol. The zero-order valence-electron chi connectivity index (χ0n) is 15.0. The number of hydrogen-bond acceptors (Lipinski definition) is 2. The Kier molecular flexibility index (Phi) is 5.87. The molecular formula is C20H23F3N2O2. The number of carbonyl (C=O) groups excluding carboxylic acids is 2. The van der Waals surface area contributed by atoms with E-state index in [1.54, 1.807) is 0 Å². The number of amides is 2. The molecule has 0 aromatic heterocycles. The molecule has 0 saturated carbocycles. The van der Waals surface area contributed by atoms with Crippen LogP contribution in [0.5, 0.6) is 0 Å². The van der Waals surface area contributed by atoms with Gasteiger partial charge in [-0.15, -0.1) is 0 Å². The minimum atomic E-state index is -4.41. The lowest BCUT2D eigenvalue weighted by Gasteiger charge is -2.18. The number of hydrogen-bond donors (Lipinski definition) is 1. The van der Waals surface area contributed by atoms with Gasteiger partial charge in [-0.2, -0.15) is 13.2 Å². The Bertz CT molecular complexity index is 726. The summed E-state index contributed by atoms with van der Waals surface area (Å²) in [6, 6.07) is 4.45. The Morgan fingerprint density at radius 2 is 1.93 bits per heavy atom. The molecule has 27 heavy (non-hydrogen) atoms. The fourth-order valence-electron chi connectivity index (χ4n) is 3.59.